The Bertz CT molecular complexity index is 1250. The molecule has 0 aromatic heterocycles. The molecule has 5 unspecified atom stereocenters. The first-order chi connectivity index (χ1) is 20.0. The van der Waals surface area contributed by atoms with Crippen LogP contribution in [0.2, 0.25) is 0 Å². The Morgan fingerprint density at radius 3 is 2.52 bits per heavy atom. The maximum absolute atomic E-state index is 13.1. The second kappa shape index (κ2) is 14.6. The van der Waals surface area contributed by atoms with Crippen LogP contribution in [0.3, 0.4) is 0 Å². The minimum absolute atomic E-state index is 0.0687. The Kier molecular flexibility index (Phi) is 11.2. The molecule has 2 saturated heterocycles. The van der Waals surface area contributed by atoms with Gasteiger partial charge in [0.1, 0.15) is 12.2 Å². The second-order valence-electron chi connectivity index (χ2n) is 11.7. The zero-order chi connectivity index (χ0) is 30.3. The summed E-state index contributed by atoms with van der Waals surface area (Å²) in [4.78, 5) is 27.7. The van der Waals surface area contributed by atoms with E-state index in [4.69, 9.17) is 9.47 Å². The number of aliphatic hydroxyl groups is 1. The SMILES string of the molecule is C/C(=C\c1cccc(S(=O)(=O)N2CCCC2)c1)C1OC(=O)CC(O)CCC(C)C(OC(=O)N2CCNCC2)C=CC1C. The highest BCUT2D eigenvalue weighted by molar-refractivity contribution is 7.89. The van der Waals surface area contributed by atoms with Gasteiger partial charge in [-0.1, -0.05) is 38.1 Å². The third-order valence-corrected chi connectivity index (χ3v) is 10.2. The Labute approximate surface area is 249 Å². The highest BCUT2D eigenvalue weighted by atomic mass is 32.2. The number of piperazine rings is 1. The molecule has 10 nitrogen and oxygen atoms in total. The van der Waals surface area contributed by atoms with Crippen LogP contribution in [-0.4, -0.2) is 92.4 Å². The zero-order valence-corrected chi connectivity index (χ0v) is 25.7. The van der Waals surface area contributed by atoms with E-state index in [1.807, 2.05) is 45.1 Å². The number of benzene rings is 1. The van der Waals surface area contributed by atoms with Gasteiger partial charge in [0.05, 0.1) is 17.4 Å². The lowest BCUT2D eigenvalue weighted by Crippen LogP contribution is -2.47. The topological polar surface area (TPSA) is 125 Å². The molecule has 42 heavy (non-hydrogen) atoms. The van der Waals surface area contributed by atoms with E-state index in [9.17, 15) is 23.1 Å². The fraction of sp³-hybridized carbons (Fsp3) is 0.613. The molecule has 1 aromatic rings. The summed E-state index contributed by atoms with van der Waals surface area (Å²) in [5, 5.41) is 13.8. The van der Waals surface area contributed by atoms with Crippen molar-refractivity contribution >= 4 is 28.2 Å². The summed E-state index contributed by atoms with van der Waals surface area (Å²) >= 11 is 0. The Morgan fingerprint density at radius 2 is 1.81 bits per heavy atom. The molecule has 2 fully saturated rings. The van der Waals surface area contributed by atoms with Crippen molar-refractivity contribution in [2.45, 2.75) is 76.1 Å². The molecule has 1 amide bonds. The third kappa shape index (κ3) is 8.43. The first kappa shape index (κ1) is 32.2. The molecule has 5 atom stereocenters. The minimum Gasteiger partial charge on any atom is -0.457 e. The van der Waals surface area contributed by atoms with Crippen molar-refractivity contribution in [3.63, 3.8) is 0 Å². The molecule has 0 radical (unpaired) electrons. The second-order valence-corrected chi connectivity index (χ2v) is 13.7. The van der Waals surface area contributed by atoms with E-state index in [1.54, 1.807) is 23.1 Å². The number of carbonyl (C=O) groups excluding carboxylic acids is 2. The number of sulfonamides is 1. The van der Waals surface area contributed by atoms with Crippen LogP contribution in [0.1, 0.15) is 58.4 Å². The number of cyclic esters (lactones) is 1. The first-order valence-electron chi connectivity index (χ1n) is 15.0. The Hall–Kier alpha value is -2.73. The lowest BCUT2D eigenvalue weighted by molar-refractivity contribution is -0.151. The van der Waals surface area contributed by atoms with Crippen LogP contribution in [0.25, 0.3) is 6.08 Å². The van der Waals surface area contributed by atoms with Gasteiger partial charge in [-0.25, -0.2) is 13.2 Å². The number of carbonyl (C=O) groups is 2. The molecule has 11 heteroatoms. The van der Waals surface area contributed by atoms with Gasteiger partial charge in [-0.15, -0.1) is 0 Å². The molecular formula is C31H45N3O7S. The molecule has 2 N–H and O–H groups in total. The van der Waals surface area contributed by atoms with Crippen molar-refractivity contribution in [3.05, 3.63) is 47.6 Å². The maximum atomic E-state index is 13.1. The number of ether oxygens (including phenoxy) is 2. The quantitative estimate of drug-likeness (QED) is 0.387. The van der Waals surface area contributed by atoms with Crippen LogP contribution in [0.5, 0.6) is 0 Å². The van der Waals surface area contributed by atoms with Gasteiger partial charge >= 0.3 is 12.1 Å². The van der Waals surface area contributed by atoms with Crippen LogP contribution >= 0.6 is 0 Å². The lowest BCUT2D eigenvalue weighted by Gasteiger charge is -2.31. The summed E-state index contributed by atoms with van der Waals surface area (Å²) in [6, 6.07) is 6.78. The lowest BCUT2D eigenvalue weighted by atomic mass is 9.91. The summed E-state index contributed by atoms with van der Waals surface area (Å²) in [7, 11) is -3.57. The third-order valence-electron chi connectivity index (χ3n) is 8.27. The van der Waals surface area contributed by atoms with Crippen molar-refractivity contribution in [2.24, 2.45) is 11.8 Å². The fourth-order valence-electron chi connectivity index (χ4n) is 5.68. The maximum Gasteiger partial charge on any atom is 0.410 e. The number of amides is 1. The number of hydrogen-bond donors (Lipinski definition) is 2. The molecule has 3 heterocycles. The normalized spacial score (nSPS) is 29.0. The van der Waals surface area contributed by atoms with Crippen LogP contribution < -0.4 is 5.32 Å². The molecule has 4 rings (SSSR count). The van der Waals surface area contributed by atoms with E-state index in [2.05, 4.69) is 5.32 Å². The number of aliphatic hydroxyl groups excluding tert-OH is 1. The van der Waals surface area contributed by atoms with E-state index in [0.717, 1.165) is 31.5 Å². The Morgan fingerprint density at radius 1 is 1.10 bits per heavy atom. The highest BCUT2D eigenvalue weighted by Gasteiger charge is 2.30. The predicted octanol–water partition coefficient (Wildman–Crippen LogP) is 3.57. The van der Waals surface area contributed by atoms with Crippen molar-refractivity contribution < 1.29 is 32.6 Å². The summed E-state index contributed by atoms with van der Waals surface area (Å²) < 4.78 is 39.6. The van der Waals surface area contributed by atoms with Crippen LogP contribution in [0.15, 0.2) is 46.9 Å². The number of rotatable bonds is 5. The van der Waals surface area contributed by atoms with Gasteiger partial charge in [0.2, 0.25) is 10.0 Å². The van der Waals surface area contributed by atoms with Gasteiger partial charge < -0.3 is 24.8 Å². The highest BCUT2D eigenvalue weighted by Crippen LogP contribution is 2.27. The van der Waals surface area contributed by atoms with Gasteiger partial charge in [-0.05, 0) is 67.9 Å². The van der Waals surface area contributed by atoms with Crippen LogP contribution in [-0.2, 0) is 24.3 Å². The summed E-state index contributed by atoms with van der Waals surface area (Å²) in [5.74, 6) is -0.854. The van der Waals surface area contributed by atoms with Gasteiger partial charge in [-0.3, -0.25) is 4.79 Å². The average molecular weight is 604 g/mol. The summed E-state index contributed by atoms with van der Waals surface area (Å²) in [5.41, 5.74) is 1.41. The average Bonchev–Trinajstić information content (AvgIpc) is 3.53. The van der Waals surface area contributed by atoms with E-state index in [0.29, 0.717) is 44.6 Å². The molecule has 3 aliphatic rings. The number of esters is 1. The molecular weight excluding hydrogens is 558 g/mol. The van der Waals surface area contributed by atoms with Crippen molar-refractivity contribution in [3.8, 4) is 0 Å². The smallest absolute Gasteiger partial charge is 0.410 e. The van der Waals surface area contributed by atoms with Crippen LogP contribution in [0, 0.1) is 11.8 Å². The minimum atomic E-state index is -3.57. The summed E-state index contributed by atoms with van der Waals surface area (Å²) in [6.45, 7) is 9.41. The van der Waals surface area contributed by atoms with E-state index in [-0.39, 0.29) is 29.2 Å². The largest absolute Gasteiger partial charge is 0.457 e. The van der Waals surface area contributed by atoms with E-state index >= 15 is 0 Å². The number of nitrogens with zero attached hydrogens (tertiary/aromatic N) is 2. The van der Waals surface area contributed by atoms with Crippen molar-refractivity contribution in [1.29, 1.82) is 0 Å². The summed E-state index contributed by atoms with van der Waals surface area (Å²) in [6.07, 6.45) is 5.73. The fourth-order valence-corrected chi connectivity index (χ4v) is 7.25. The monoisotopic (exact) mass is 603 g/mol. The van der Waals surface area contributed by atoms with E-state index < -0.39 is 34.3 Å². The van der Waals surface area contributed by atoms with Crippen molar-refractivity contribution in [2.75, 3.05) is 39.3 Å². The van der Waals surface area contributed by atoms with Crippen molar-refractivity contribution in [1.82, 2.24) is 14.5 Å². The zero-order valence-electron chi connectivity index (χ0n) is 24.9. The first-order valence-corrected chi connectivity index (χ1v) is 16.5. The number of nitrogens with one attached hydrogen (secondary N) is 1. The predicted molar refractivity (Wildman–Crippen MR) is 160 cm³/mol. The van der Waals surface area contributed by atoms with E-state index in [1.165, 1.54) is 4.31 Å². The molecule has 0 aliphatic carbocycles. The molecule has 0 spiro atoms. The molecule has 3 aliphatic heterocycles. The van der Waals surface area contributed by atoms with Gasteiger partial charge in [-0.2, -0.15) is 4.31 Å². The molecule has 1 aromatic carbocycles. The van der Waals surface area contributed by atoms with Gasteiger partial charge in [0, 0.05) is 45.2 Å². The van der Waals surface area contributed by atoms with Gasteiger partial charge in [0.15, 0.2) is 0 Å². The molecule has 0 saturated carbocycles. The Balaban J connectivity index is 1.57. The van der Waals surface area contributed by atoms with Crippen LogP contribution in [0.4, 0.5) is 4.79 Å². The molecule has 232 valence electrons. The van der Waals surface area contributed by atoms with Gasteiger partial charge in [0.25, 0.3) is 0 Å². The number of hydrogen-bond acceptors (Lipinski definition) is 8. The molecule has 0 bridgehead atoms. The standard InChI is InChI=1S/C31H45N3O7S/c1-22-9-11-26(35)21-29(36)41-30(23(2)10-12-28(22)40-31(37)33-17-13-32-14-18-33)24(3)19-25-7-6-8-27(20-25)42(38,39)34-15-4-5-16-34/h6-8,10,12,19-20,22-23,26,28,30,32,35H,4-5,9,11,13-18,21H2,1-3H3/b12-10?,24-19+.